The van der Waals surface area contributed by atoms with Crippen molar-refractivity contribution in [1.82, 2.24) is 5.32 Å². The highest BCUT2D eigenvalue weighted by molar-refractivity contribution is 5.85. The van der Waals surface area contributed by atoms with E-state index in [9.17, 15) is 0 Å². The van der Waals surface area contributed by atoms with Crippen LogP contribution < -0.4 is 15.0 Å². The fourth-order valence-corrected chi connectivity index (χ4v) is 2.55. The summed E-state index contributed by atoms with van der Waals surface area (Å²) in [4.78, 5) is 2.40. The van der Waals surface area contributed by atoms with Crippen LogP contribution >= 0.6 is 12.4 Å². The standard InChI is InChI=1S/C17H20N2O.ClH/c1-2-7-16(8-3-1)20-13-12-19-11-10-18-14-15-6-4-5-9-17(15)19;/h1-9,18H,10-14H2;1H. The Labute approximate surface area is 132 Å². The third-order valence-electron chi connectivity index (χ3n) is 3.58. The van der Waals surface area contributed by atoms with Crippen LogP contribution in [0.2, 0.25) is 0 Å². The lowest BCUT2D eigenvalue weighted by atomic mass is 10.1. The first-order chi connectivity index (χ1) is 9.93. The summed E-state index contributed by atoms with van der Waals surface area (Å²) < 4.78 is 5.80. The van der Waals surface area contributed by atoms with Crippen LogP contribution in [0, 0.1) is 0 Å². The van der Waals surface area contributed by atoms with Gasteiger partial charge in [-0.05, 0) is 23.8 Å². The molecule has 4 heteroatoms. The summed E-state index contributed by atoms with van der Waals surface area (Å²) in [5.41, 5.74) is 2.69. The van der Waals surface area contributed by atoms with Crippen LogP contribution in [-0.2, 0) is 6.54 Å². The Morgan fingerprint density at radius 1 is 1.00 bits per heavy atom. The van der Waals surface area contributed by atoms with Crippen molar-refractivity contribution in [2.24, 2.45) is 0 Å². The van der Waals surface area contributed by atoms with Crippen molar-refractivity contribution in [2.75, 3.05) is 31.1 Å². The van der Waals surface area contributed by atoms with Crippen molar-refractivity contribution >= 4 is 18.1 Å². The van der Waals surface area contributed by atoms with E-state index in [-0.39, 0.29) is 12.4 Å². The Morgan fingerprint density at radius 2 is 1.76 bits per heavy atom. The Morgan fingerprint density at radius 3 is 2.62 bits per heavy atom. The van der Waals surface area contributed by atoms with Crippen molar-refractivity contribution in [2.45, 2.75) is 6.54 Å². The average molecular weight is 305 g/mol. The van der Waals surface area contributed by atoms with Crippen LogP contribution in [-0.4, -0.2) is 26.2 Å². The van der Waals surface area contributed by atoms with Crippen molar-refractivity contribution in [3.05, 3.63) is 60.2 Å². The maximum absolute atomic E-state index is 5.80. The number of ether oxygens (including phenoxy) is 1. The van der Waals surface area contributed by atoms with Crippen LogP contribution in [0.1, 0.15) is 5.56 Å². The van der Waals surface area contributed by atoms with Gasteiger partial charge in [0.05, 0.1) is 6.54 Å². The highest BCUT2D eigenvalue weighted by Gasteiger charge is 2.13. The smallest absolute Gasteiger partial charge is 0.119 e. The number of benzene rings is 2. The molecule has 1 aliphatic rings. The monoisotopic (exact) mass is 304 g/mol. The molecule has 0 unspecified atom stereocenters. The topological polar surface area (TPSA) is 24.5 Å². The molecule has 0 aliphatic carbocycles. The van der Waals surface area contributed by atoms with E-state index in [1.165, 1.54) is 11.3 Å². The summed E-state index contributed by atoms with van der Waals surface area (Å²) in [6, 6.07) is 18.6. The van der Waals surface area contributed by atoms with Gasteiger partial charge in [-0.1, -0.05) is 36.4 Å². The molecule has 2 aromatic carbocycles. The van der Waals surface area contributed by atoms with Gasteiger partial charge in [0.15, 0.2) is 0 Å². The van der Waals surface area contributed by atoms with E-state index in [0.29, 0.717) is 6.61 Å². The van der Waals surface area contributed by atoms with Gasteiger partial charge in [0.2, 0.25) is 0 Å². The molecule has 1 N–H and O–H groups in total. The second kappa shape index (κ2) is 7.91. The molecule has 112 valence electrons. The summed E-state index contributed by atoms with van der Waals surface area (Å²) in [5.74, 6) is 0.939. The highest BCUT2D eigenvalue weighted by Crippen LogP contribution is 2.21. The number of nitrogens with one attached hydrogen (secondary N) is 1. The lowest BCUT2D eigenvalue weighted by Crippen LogP contribution is -2.32. The fourth-order valence-electron chi connectivity index (χ4n) is 2.55. The zero-order valence-corrected chi connectivity index (χ0v) is 12.8. The molecule has 1 aliphatic heterocycles. The highest BCUT2D eigenvalue weighted by atomic mass is 35.5. The maximum Gasteiger partial charge on any atom is 0.119 e. The van der Waals surface area contributed by atoms with Crippen LogP contribution in [0.25, 0.3) is 0 Å². The summed E-state index contributed by atoms with van der Waals surface area (Å²) in [5, 5.41) is 3.46. The minimum atomic E-state index is 0. The first kappa shape index (κ1) is 15.7. The molecule has 3 nitrogen and oxygen atoms in total. The van der Waals surface area contributed by atoms with E-state index in [1.807, 2.05) is 30.3 Å². The van der Waals surface area contributed by atoms with Gasteiger partial charge in [0, 0.05) is 25.3 Å². The summed E-state index contributed by atoms with van der Waals surface area (Å²) in [7, 11) is 0. The Balaban J connectivity index is 0.00000161. The number of fused-ring (bicyclic) bond motifs is 1. The van der Waals surface area contributed by atoms with Crippen LogP contribution in [0.5, 0.6) is 5.75 Å². The summed E-state index contributed by atoms with van der Waals surface area (Å²) in [6.45, 7) is 4.60. The van der Waals surface area contributed by atoms with E-state index < -0.39 is 0 Å². The van der Waals surface area contributed by atoms with Crippen molar-refractivity contribution in [3.8, 4) is 5.75 Å². The van der Waals surface area contributed by atoms with Gasteiger partial charge in [0.1, 0.15) is 12.4 Å². The number of rotatable bonds is 4. The zero-order chi connectivity index (χ0) is 13.6. The number of para-hydroxylation sites is 2. The van der Waals surface area contributed by atoms with Gasteiger partial charge in [0.25, 0.3) is 0 Å². The van der Waals surface area contributed by atoms with Gasteiger partial charge >= 0.3 is 0 Å². The van der Waals surface area contributed by atoms with E-state index in [4.69, 9.17) is 4.74 Å². The Bertz CT molecular complexity index is 547. The molecule has 0 saturated carbocycles. The Hall–Kier alpha value is -1.71. The molecule has 0 fully saturated rings. The maximum atomic E-state index is 5.80. The van der Waals surface area contributed by atoms with E-state index >= 15 is 0 Å². The van der Waals surface area contributed by atoms with Crippen LogP contribution in [0.3, 0.4) is 0 Å². The molecule has 2 aromatic rings. The molecule has 1 heterocycles. The molecule has 3 rings (SSSR count). The third-order valence-corrected chi connectivity index (χ3v) is 3.58. The van der Waals surface area contributed by atoms with Gasteiger partial charge in [-0.2, -0.15) is 0 Å². The van der Waals surface area contributed by atoms with Crippen molar-refractivity contribution in [1.29, 1.82) is 0 Å². The number of halogens is 1. The molecule has 21 heavy (non-hydrogen) atoms. The quantitative estimate of drug-likeness (QED) is 0.939. The molecule has 0 spiro atoms. The molecule has 0 bridgehead atoms. The van der Waals surface area contributed by atoms with Crippen LogP contribution in [0.4, 0.5) is 5.69 Å². The van der Waals surface area contributed by atoms with Gasteiger partial charge in [-0.25, -0.2) is 0 Å². The van der Waals surface area contributed by atoms with E-state index in [2.05, 4.69) is 34.5 Å². The largest absolute Gasteiger partial charge is 0.492 e. The number of hydrogen-bond acceptors (Lipinski definition) is 3. The number of hydrogen-bond donors (Lipinski definition) is 1. The SMILES string of the molecule is Cl.c1ccc(OCCN2CCNCc3ccccc32)cc1. The van der Waals surface area contributed by atoms with Gasteiger partial charge in [-0.3, -0.25) is 0 Å². The third kappa shape index (κ3) is 4.13. The average Bonchev–Trinajstić information content (AvgIpc) is 2.71. The molecular formula is C17H21ClN2O. The predicted molar refractivity (Wildman–Crippen MR) is 89.5 cm³/mol. The molecule has 0 saturated heterocycles. The lowest BCUT2D eigenvalue weighted by molar-refractivity contribution is 0.324. The van der Waals surface area contributed by atoms with Crippen molar-refractivity contribution < 1.29 is 4.74 Å². The Kier molecular flexibility index (Phi) is 5.90. The van der Waals surface area contributed by atoms with Crippen LogP contribution in [0.15, 0.2) is 54.6 Å². The first-order valence-corrected chi connectivity index (χ1v) is 7.15. The second-order valence-electron chi connectivity index (χ2n) is 4.95. The number of anilines is 1. The predicted octanol–water partition coefficient (Wildman–Crippen LogP) is 3.10. The zero-order valence-electron chi connectivity index (χ0n) is 12.0. The molecule has 0 radical (unpaired) electrons. The second-order valence-corrected chi connectivity index (χ2v) is 4.95. The number of nitrogens with zero attached hydrogens (tertiary/aromatic N) is 1. The van der Waals surface area contributed by atoms with E-state index in [0.717, 1.165) is 31.9 Å². The molecular weight excluding hydrogens is 284 g/mol. The summed E-state index contributed by atoms with van der Waals surface area (Å²) in [6.07, 6.45) is 0. The van der Waals surface area contributed by atoms with E-state index in [1.54, 1.807) is 0 Å². The van der Waals surface area contributed by atoms with Gasteiger partial charge < -0.3 is 15.0 Å². The lowest BCUT2D eigenvalue weighted by Gasteiger charge is -2.24. The fraction of sp³-hybridized carbons (Fsp3) is 0.294. The minimum Gasteiger partial charge on any atom is -0.492 e. The molecule has 0 aromatic heterocycles. The van der Waals surface area contributed by atoms with Gasteiger partial charge in [-0.15, -0.1) is 12.4 Å². The summed E-state index contributed by atoms with van der Waals surface area (Å²) >= 11 is 0. The molecule has 0 amide bonds. The van der Waals surface area contributed by atoms with Crippen molar-refractivity contribution in [3.63, 3.8) is 0 Å². The first-order valence-electron chi connectivity index (χ1n) is 7.15. The normalized spacial score (nSPS) is 13.8. The minimum absolute atomic E-state index is 0. The molecule has 0 atom stereocenters.